The molecule has 1 aromatic rings. The number of aryl methyl sites for hydroxylation is 1. The molecule has 1 N–H and O–H groups in total. The molecule has 1 aromatic heterocycles. The number of hydrogen-bond acceptors (Lipinski definition) is 4. The fourth-order valence-electron chi connectivity index (χ4n) is 2.13. The monoisotopic (exact) mass is 312 g/mol. The van der Waals surface area contributed by atoms with Gasteiger partial charge in [0.25, 0.3) is 0 Å². The summed E-state index contributed by atoms with van der Waals surface area (Å²) in [7, 11) is -3.16. The number of pyridine rings is 1. The Morgan fingerprint density at radius 2 is 1.95 bits per heavy atom. The fraction of sp³-hybridized carbons (Fsp3) is 0.688. The van der Waals surface area contributed by atoms with E-state index in [1.54, 1.807) is 13.8 Å². The summed E-state index contributed by atoms with van der Waals surface area (Å²) >= 11 is 0. The lowest BCUT2D eigenvalue weighted by molar-refractivity contribution is 0.403. The SMILES string of the molecule is CCCNC(Cc1ccc(CC)cn1)C(C)(C)S(C)(=O)=O. The Labute approximate surface area is 129 Å². The van der Waals surface area contributed by atoms with Crippen LogP contribution in [0.2, 0.25) is 0 Å². The first-order valence-electron chi connectivity index (χ1n) is 7.59. The second kappa shape index (κ2) is 7.36. The molecule has 0 bridgehead atoms. The van der Waals surface area contributed by atoms with Gasteiger partial charge in [0.2, 0.25) is 0 Å². The van der Waals surface area contributed by atoms with E-state index in [0.29, 0.717) is 6.42 Å². The van der Waals surface area contributed by atoms with Gasteiger partial charge in [-0.15, -0.1) is 0 Å². The van der Waals surface area contributed by atoms with Gasteiger partial charge in [-0.25, -0.2) is 8.42 Å². The Morgan fingerprint density at radius 3 is 2.38 bits per heavy atom. The average molecular weight is 312 g/mol. The highest BCUT2D eigenvalue weighted by molar-refractivity contribution is 7.92. The van der Waals surface area contributed by atoms with E-state index in [4.69, 9.17) is 0 Å². The molecule has 1 heterocycles. The maximum Gasteiger partial charge on any atom is 0.154 e. The minimum absolute atomic E-state index is 0.146. The number of sulfone groups is 1. The van der Waals surface area contributed by atoms with Crippen molar-refractivity contribution >= 4 is 9.84 Å². The van der Waals surface area contributed by atoms with E-state index in [1.165, 1.54) is 11.8 Å². The molecule has 1 rings (SSSR count). The van der Waals surface area contributed by atoms with E-state index < -0.39 is 14.6 Å². The summed E-state index contributed by atoms with van der Waals surface area (Å²) in [6.45, 7) is 8.55. The molecule has 0 amide bonds. The van der Waals surface area contributed by atoms with Gasteiger partial charge in [0.05, 0.1) is 4.75 Å². The van der Waals surface area contributed by atoms with Gasteiger partial charge in [-0.05, 0) is 44.9 Å². The van der Waals surface area contributed by atoms with Crippen molar-refractivity contribution in [3.63, 3.8) is 0 Å². The topological polar surface area (TPSA) is 59.1 Å². The molecular formula is C16H28N2O2S. The van der Waals surface area contributed by atoms with Gasteiger partial charge in [-0.3, -0.25) is 4.98 Å². The zero-order valence-electron chi connectivity index (χ0n) is 13.8. The second-order valence-corrected chi connectivity index (χ2v) is 8.69. The molecule has 21 heavy (non-hydrogen) atoms. The Bertz CT molecular complexity index is 536. The lowest BCUT2D eigenvalue weighted by atomic mass is 9.97. The quantitative estimate of drug-likeness (QED) is 0.800. The van der Waals surface area contributed by atoms with Crippen LogP contribution in [0, 0.1) is 0 Å². The lowest BCUT2D eigenvalue weighted by Crippen LogP contribution is -2.53. The number of rotatable bonds is 8. The maximum atomic E-state index is 12.1. The molecule has 4 nitrogen and oxygen atoms in total. The minimum atomic E-state index is -3.16. The summed E-state index contributed by atoms with van der Waals surface area (Å²) in [6.07, 6.45) is 5.73. The fourth-order valence-corrected chi connectivity index (χ4v) is 2.82. The highest BCUT2D eigenvalue weighted by atomic mass is 32.2. The molecule has 0 aliphatic heterocycles. The van der Waals surface area contributed by atoms with Crippen molar-refractivity contribution in [2.24, 2.45) is 0 Å². The Hall–Kier alpha value is -0.940. The van der Waals surface area contributed by atoms with Crippen LogP contribution < -0.4 is 5.32 Å². The van der Waals surface area contributed by atoms with Crippen LogP contribution in [0.15, 0.2) is 18.3 Å². The summed E-state index contributed by atoms with van der Waals surface area (Å²) in [4.78, 5) is 4.46. The molecule has 1 unspecified atom stereocenters. The Morgan fingerprint density at radius 1 is 1.29 bits per heavy atom. The average Bonchev–Trinajstić information content (AvgIpc) is 2.42. The molecule has 0 spiro atoms. The highest BCUT2D eigenvalue weighted by Gasteiger charge is 2.38. The van der Waals surface area contributed by atoms with Gasteiger partial charge >= 0.3 is 0 Å². The van der Waals surface area contributed by atoms with Crippen LogP contribution >= 0.6 is 0 Å². The normalized spacial score (nSPS) is 14.1. The number of nitrogens with one attached hydrogen (secondary N) is 1. The zero-order chi connectivity index (χ0) is 16.1. The molecular weight excluding hydrogens is 284 g/mol. The largest absolute Gasteiger partial charge is 0.312 e. The van der Waals surface area contributed by atoms with E-state index >= 15 is 0 Å². The van der Waals surface area contributed by atoms with Crippen LogP contribution in [0.1, 0.15) is 45.4 Å². The first-order valence-corrected chi connectivity index (χ1v) is 9.48. The van der Waals surface area contributed by atoms with Gasteiger partial charge in [0.15, 0.2) is 9.84 Å². The number of nitrogens with zero attached hydrogens (tertiary/aromatic N) is 1. The Balaban J connectivity index is 2.97. The predicted molar refractivity (Wildman–Crippen MR) is 88.3 cm³/mol. The summed E-state index contributed by atoms with van der Waals surface area (Å²) in [5.74, 6) is 0. The van der Waals surface area contributed by atoms with Gasteiger partial charge in [0, 0.05) is 30.6 Å². The van der Waals surface area contributed by atoms with Crippen molar-refractivity contribution in [1.29, 1.82) is 0 Å². The van der Waals surface area contributed by atoms with Crippen LogP contribution in [0.4, 0.5) is 0 Å². The summed E-state index contributed by atoms with van der Waals surface area (Å²) in [5, 5.41) is 3.37. The molecule has 1 atom stereocenters. The number of aromatic nitrogens is 1. The van der Waals surface area contributed by atoms with Crippen molar-refractivity contribution in [3.8, 4) is 0 Å². The zero-order valence-corrected chi connectivity index (χ0v) is 14.6. The maximum absolute atomic E-state index is 12.1. The first-order chi connectivity index (χ1) is 9.72. The van der Waals surface area contributed by atoms with E-state index in [9.17, 15) is 8.42 Å². The number of hydrogen-bond donors (Lipinski definition) is 1. The second-order valence-electron chi connectivity index (χ2n) is 6.10. The van der Waals surface area contributed by atoms with Crippen LogP contribution in [-0.2, 0) is 22.7 Å². The molecule has 120 valence electrons. The van der Waals surface area contributed by atoms with Crippen LogP contribution in [0.3, 0.4) is 0 Å². The summed E-state index contributed by atoms with van der Waals surface area (Å²) in [6, 6.07) is 3.91. The molecule has 0 radical (unpaired) electrons. The highest BCUT2D eigenvalue weighted by Crippen LogP contribution is 2.23. The Kier molecular flexibility index (Phi) is 6.35. The lowest BCUT2D eigenvalue weighted by Gasteiger charge is -2.33. The molecule has 0 saturated heterocycles. The molecule has 0 aromatic carbocycles. The van der Waals surface area contributed by atoms with Crippen molar-refractivity contribution in [2.45, 2.75) is 57.7 Å². The predicted octanol–water partition coefficient (Wildman–Crippen LogP) is 2.38. The molecule has 0 fully saturated rings. The van der Waals surface area contributed by atoms with Crippen molar-refractivity contribution in [3.05, 3.63) is 29.6 Å². The van der Waals surface area contributed by atoms with Crippen LogP contribution in [0.25, 0.3) is 0 Å². The summed E-state index contributed by atoms with van der Waals surface area (Å²) in [5.41, 5.74) is 2.12. The molecule has 0 saturated carbocycles. The molecule has 5 heteroatoms. The third-order valence-corrected chi connectivity index (χ3v) is 6.34. The van der Waals surface area contributed by atoms with Crippen LogP contribution in [0.5, 0.6) is 0 Å². The third-order valence-electron chi connectivity index (χ3n) is 4.14. The van der Waals surface area contributed by atoms with Gasteiger partial charge in [0.1, 0.15) is 0 Å². The van der Waals surface area contributed by atoms with E-state index in [-0.39, 0.29) is 6.04 Å². The van der Waals surface area contributed by atoms with Crippen molar-refractivity contribution < 1.29 is 8.42 Å². The minimum Gasteiger partial charge on any atom is -0.312 e. The van der Waals surface area contributed by atoms with E-state index in [0.717, 1.165) is 25.1 Å². The smallest absolute Gasteiger partial charge is 0.154 e. The van der Waals surface area contributed by atoms with Gasteiger partial charge < -0.3 is 5.32 Å². The van der Waals surface area contributed by atoms with E-state index in [1.807, 2.05) is 12.3 Å². The molecule has 0 aliphatic rings. The van der Waals surface area contributed by atoms with Crippen molar-refractivity contribution in [1.82, 2.24) is 10.3 Å². The van der Waals surface area contributed by atoms with Crippen LogP contribution in [-0.4, -0.2) is 37.0 Å². The van der Waals surface area contributed by atoms with Gasteiger partial charge in [-0.1, -0.05) is 19.9 Å². The molecule has 0 aliphatic carbocycles. The van der Waals surface area contributed by atoms with E-state index in [2.05, 4.69) is 30.2 Å². The van der Waals surface area contributed by atoms with Gasteiger partial charge in [-0.2, -0.15) is 0 Å². The van der Waals surface area contributed by atoms with Crippen molar-refractivity contribution in [2.75, 3.05) is 12.8 Å². The standard InChI is InChI=1S/C16H28N2O2S/c1-6-10-17-15(16(3,4)21(5,19)20)11-14-9-8-13(7-2)12-18-14/h8-9,12,15,17H,6-7,10-11H2,1-5H3. The first kappa shape index (κ1) is 18.1. The third kappa shape index (κ3) is 4.78. The summed E-state index contributed by atoms with van der Waals surface area (Å²) < 4.78 is 23.3.